The van der Waals surface area contributed by atoms with Crippen LogP contribution in [-0.2, 0) is 0 Å². The van der Waals surface area contributed by atoms with Crippen LogP contribution in [-0.4, -0.2) is 22.5 Å². The molecule has 0 radical (unpaired) electrons. The lowest BCUT2D eigenvalue weighted by molar-refractivity contribution is 0.0673. The molecule has 82 valence electrons. The van der Waals surface area contributed by atoms with Crippen molar-refractivity contribution in [2.45, 2.75) is 77.9 Å². The first-order valence-electron chi connectivity index (χ1n) is 6.15. The molecule has 0 bridgehead atoms. The Hall–Kier alpha value is -0.0400. The molecule has 2 rings (SSSR count). The molecular weight excluding hydrogens is 170 g/mol. The van der Waals surface area contributed by atoms with Crippen LogP contribution in [0.15, 0.2) is 0 Å². The van der Waals surface area contributed by atoms with Crippen molar-refractivity contribution >= 4 is 0 Å². The number of rotatable bonds is 1. The van der Waals surface area contributed by atoms with Crippen molar-refractivity contribution in [2.75, 3.05) is 0 Å². The summed E-state index contributed by atoms with van der Waals surface area (Å²) in [7, 11) is 0. The Morgan fingerprint density at radius 3 is 2.07 bits per heavy atom. The van der Waals surface area contributed by atoms with Crippen LogP contribution in [0.25, 0.3) is 0 Å². The van der Waals surface area contributed by atoms with Gasteiger partial charge in [0.2, 0.25) is 0 Å². The van der Waals surface area contributed by atoms with Crippen LogP contribution in [0.3, 0.4) is 0 Å². The Balaban J connectivity index is 2.20. The summed E-state index contributed by atoms with van der Waals surface area (Å²) in [6.07, 6.45) is 5.78. The molecule has 2 aliphatic rings. The number of hydrogen-bond acceptors (Lipinski definition) is 1. The lowest BCUT2D eigenvalue weighted by atomic mass is 9.85. The van der Waals surface area contributed by atoms with Gasteiger partial charge in [-0.25, -0.2) is 0 Å². The van der Waals surface area contributed by atoms with Gasteiger partial charge in [-0.3, -0.25) is 4.90 Å². The minimum absolute atomic E-state index is 0.455. The van der Waals surface area contributed by atoms with E-state index in [2.05, 4.69) is 39.5 Å². The summed E-state index contributed by atoms with van der Waals surface area (Å²) in [6.45, 7) is 11.9. The van der Waals surface area contributed by atoms with E-state index in [0.717, 1.165) is 12.1 Å². The quantitative estimate of drug-likeness (QED) is 0.619. The standard InChI is InChI=1S/C13H25N/c1-10(2)14-11(12(3,4)5)6-7-13(14)8-9-13/h10-11H,6-9H2,1-5H3. The second-order valence-corrected chi connectivity index (χ2v) is 6.65. The number of hydrogen-bond donors (Lipinski definition) is 0. The molecular formula is C13H25N. The predicted molar refractivity (Wildman–Crippen MR) is 61.4 cm³/mol. The Morgan fingerprint density at radius 2 is 1.71 bits per heavy atom. The summed E-state index contributed by atoms with van der Waals surface area (Å²) in [5.74, 6) is 0. The van der Waals surface area contributed by atoms with Crippen LogP contribution in [0, 0.1) is 5.41 Å². The molecule has 1 heterocycles. The van der Waals surface area contributed by atoms with Gasteiger partial charge in [-0.2, -0.15) is 0 Å². The van der Waals surface area contributed by atoms with E-state index < -0.39 is 0 Å². The molecule has 1 spiro atoms. The highest BCUT2D eigenvalue weighted by molar-refractivity contribution is 5.13. The minimum Gasteiger partial charge on any atom is -0.292 e. The summed E-state index contributed by atoms with van der Waals surface area (Å²) in [4.78, 5) is 2.83. The average Bonchev–Trinajstić information content (AvgIpc) is 2.59. The van der Waals surface area contributed by atoms with E-state index in [1.165, 1.54) is 25.7 Å². The number of nitrogens with zero attached hydrogens (tertiary/aromatic N) is 1. The van der Waals surface area contributed by atoms with Gasteiger partial charge in [-0.15, -0.1) is 0 Å². The van der Waals surface area contributed by atoms with E-state index >= 15 is 0 Å². The van der Waals surface area contributed by atoms with Gasteiger partial charge >= 0.3 is 0 Å². The number of likely N-dealkylation sites (tertiary alicyclic amines) is 1. The predicted octanol–water partition coefficient (Wildman–Crippen LogP) is 3.44. The summed E-state index contributed by atoms with van der Waals surface area (Å²) < 4.78 is 0. The molecule has 2 fully saturated rings. The molecule has 1 heteroatoms. The van der Waals surface area contributed by atoms with Crippen molar-refractivity contribution in [1.29, 1.82) is 0 Å². The lowest BCUT2D eigenvalue weighted by Crippen LogP contribution is -2.48. The van der Waals surface area contributed by atoms with Crippen molar-refractivity contribution in [3.05, 3.63) is 0 Å². The second kappa shape index (κ2) is 2.98. The van der Waals surface area contributed by atoms with Gasteiger partial charge in [-0.1, -0.05) is 20.8 Å². The van der Waals surface area contributed by atoms with E-state index in [-0.39, 0.29) is 0 Å². The summed E-state index contributed by atoms with van der Waals surface area (Å²) in [6, 6.07) is 1.54. The van der Waals surface area contributed by atoms with Crippen LogP contribution in [0.4, 0.5) is 0 Å². The Morgan fingerprint density at radius 1 is 1.14 bits per heavy atom. The van der Waals surface area contributed by atoms with Crippen LogP contribution >= 0.6 is 0 Å². The fourth-order valence-electron chi connectivity index (χ4n) is 3.41. The third-order valence-electron chi connectivity index (χ3n) is 4.15. The Bertz CT molecular complexity index is 220. The SMILES string of the molecule is CC(C)N1C(C(C)(C)C)CCC12CC2. The van der Waals surface area contributed by atoms with Gasteiger partial charge in [-0.05, 0) is 44.9 Å². The van der Waals surface area contributed by atoms with E-state index in [4.69, 9.17) is 0 Å². The molecule has 0 aromatic heterocycles. The summed E-state index contributed by atoms with van der Waals surface area (Å²) in [5, 5.41) is 0. The maximum absolute atomic E-state index is 2.83. The van der Waals surface area contributed by atoms with Gasteiger partial charge < -0.3 is 0 Å². The summed E-state index contributed by atoms with van der Waals surface area (Å²) in [5.41, 5.74) is 1.10. The molecule has 14 heavy (non-hydrogen) atoms. The van der Waals surface area contributed by atoms with Gasteiger partial charge in [0.25, 0.3) is 0 Å². The van der Waals surface area contributed by atoms with Gasteiger partial charge in [0, 0.05) is 17.6 Å². The Kier molecular flexibility index (Phi) is 2.23. The first-order valence-corrected chi connectivity index (χ1v) is 6.15. The minimum atomic E-state index is 0.455. The van der Waals surface area contributed by atoms with Crippen molar-refractivity contribution < 1.29 is 0 Å². The first kappa shape index (κ1) is 10.5. The molecule has 0 amide bonds. The van der Waals surface area contributed by atoms with Crippen LogP contribution < -0.4 is 0 Å². The maximum Gasteiger partial charge on any atom is 0.0217 e. The van der Waals surface area contributed by atoms with Crippen molar-refractivity contribution in [1.82, 2.24) is 4.90 Å². The van der Waals surface area contributed by atoms with Crippen LogP contribution in [0.2, 0.25) is 0 Å². The summed E-state index contributed by atoms with van der Waals surface area (Å²) >= 11 is 0. The van der Waals surface area contributed by atoms with Crippen molar-refractivity contribution in [3.63, 3.8) is 0 Å². The third kappa shape index (κ3) is 1.50. The van der Waals surface area contributed by atoms with Gasteiger partial charge in [0.05, 0.1) is 0 Å². The highest BCUT2D eigenvalue weighted by atomic mass is 15.3. The zero-order valence-corrected chi connectivity index (χ0v) is 10.4. The van der Waals surface area contributed by atoms with E-state index in [0.29, 0.717) is 11.0 Å². The van der Waals surface area contributed by atoms with Crippen molar-refractivity contribution in [3.8, 4) is 0 Å². The lowest BCUT2D eigenvalue weighted by Gasteiger charge is -2.41. The molecule has 1 saturated heterocycles. The van der Waals surface area contributed by atoms with Crippen LogP contribution in [0.1, 0.15) is 60.3 Å². The fraction of sp³-hybridized carbons (Fsp3) is 1.00. The monoisotopic (exact) mass is 195 g/mol. The smallest absolute Gasteiger partial charge is 0.0217 e. The van der Waals surface area contributed by atoms with E-state index in [1.54, 1.807) is 0 Å². The van der Waals surface area contributed by atoms with E-state index in [1.807, 2.05) is 0 Å². The molecule has 0 aromatic carbocycles. The third-order valence-corrected chi connectivity index (χ3v) is 4.15. The zero-order chi connectivity index (χ0) is 10.6. The van der Waals surface area contributed by atoms with E-state index in [9.17, 15) is 0 Å². The average molecular weight is 195 g/mol. The molecule has 1 aliphatic heterocycles. The molecule has 1 nitrogen and oxygen atoms in total. The maximum atomic E-state index is 2.83. The molecule has 1 aliphatic carbocycles. The van der Waals surface area contributed by atoms with Gasteiger partial charge in [0.15, 0.2) is 0 Å². The fourth-order valence-corrected chi connectivity index (χ4v) is 3.41. The molecule has 0 aromatic rings. The normalized spacial score (nSPS) is 31.7. The first-order chi connectivity index (χ1) is 6.37. The van der Waals surface area contributed by atoms with Crippen molar-refractivity contribution in [2.24, 2.45) is 5.41 Å². The van der Waals surface area contributed by atoms with Gasteiger partial charge in [0.1, 0.15) is 0 Å². The highest BCUT2D eigenvalue weighted by Crippen LogP contribution is 2.55. The second-order valence-electron chi connectivity index (χ2n) is 6.65. The topological polar surface area (TPSA) is 3.24 Å². The molecule has 0 N–H and O–H groups in total. The molecule has 1 unspecified atom stereocenters. The largest absolute Gasteiger partial charge is 0.292 e. The Labute approximate surface area is 88.9 Å². The zero-order valence-electron chi connectivity index (χ0n) is 10.4. The molecule has 1 saturated carbocycles. The highest BCUT2D eigenvalue weighted by Gasteiger charge is 2.57. The van der Waals surface area contributed by atoms with Crippen LogP contribution in [0.5, 0.6) is 0 Å². The molecule has 1 atom stereocenters.